The van der Waals surface area contributed by atoms with Crippen LogP contribution in [0.2, 0.25) is 0 Å². The zero-order valence-corrected chi connectivity index (χ0v) is 17.0. The van der Waals surface area contributed by atoms with E-state index < -0.39 is 0 Å². The van der Waals surface area contributed by atoms with Gasteiger partial charge in [0.05, 0.1) is 18.8 Å². The van der Waals surface area contributed by atoms with Crippen LogP contribution in [0.4, 0.5) is 5.69 Å². The van der Waals surface area contributed by atoms with E-state index in [0.717, 1.165) is 42.0 Å². The fraction of sp³-hybridized carbons (Fsp3) is 0.440. The maximum atomic E-state index is 12.5. The molecule has 0 unspecified atom stereocenters. The number of hydrogen-bond acceptors (Lipinski definition) is 4. The summed E-state index contributed by atoms with van der Waals surface area (Å²) < 4.78 is 11.4. The molecule has 2 aromatic carbocycles. The van der Waals surface area contributed by atoms with Gasteiger partial charge in [-0.2, -0.15) is 5.26 Å². The van der Waals surface area contributed by atoms with E-state index in [1.807, 2.05) is 42.5 Å². The fourth-order valence-electron chi connectivity index (χ4n) is 4.45. The number of carbonyl (C=O) groups excluding carboxylic acids is 1. The van der Waals surface area contributed by atoms with Crippen molar-refractivity contribution in [1.29, 1.82) is 5.26 Å². The molecule has 154 valence electrons. The minimum Gasteiger partial charge on any atom is -0.489 e. The van der Waals surface area contributed by atoms with Gasteiger partial charge in [0.1, 0.15) is 17.9 Å². The van der Waals surface area contributed by atoms with Crippen LogP contribution in [-0.2, 0) is 9.53 Å². The summed E-state index contributed by atoms with van der Waals surface area (Å²) in [6.45, 7) is 1.40. The Bertz CT molecular complexity index is 986. The number of anilines is 1. The number of nitrogens with zero attached hydrogens (tertiary/aromatic N) is 1. The van der Waals surface area contributed by atoms with Gasteiger partial charge < -0.3 is 14.8 Å². The van der Waals surface area contributed by atoms with E-state index in [1.54, 1.807) is 0 Å². The molecule has 0 spiro atoms. The number of nitrogens with one attached hydrogen (secondary N) is 1. The molecule has 2 atom stereocenters. The average molecular weight is 402 g/mol. The van der Waals surface area contributed by atoms with Gasteiger partial charge in [-0.05, 0) is 66.5 Å². The second-order valence-electron chi connectivity index (χ2n) is 8.67. The van der Waals surface area contributed by atoms with Crippen LogP contribution in [0.3, 0.4) is 0 Å². The van der Waals surface area contributed by atoms with Gasteiger partial charge in [0, 0.05) is 24.4 Å². The van der Waals surface area contributed by atoms with Crippen molar-refractivity contribution in [2.45, 2.75) is 38.2 Å². The van der Waals surface area contributed by atoms with E-state index in [9.17, 15) is 10.1 Å². The van der Waals surface area contributed by atoms with Crippen molar-refractivity contribution in [3.8, 4) is 22.9 Å². The molecule has 1 aliphatic heterocycles. The van der Waals surface area contributed by atoms with E-state index >= 15 is 0 Å². The van der Waals surface area contributed by atoms with Crippen LogP contribution in [-0.4, -0.2) is 25.2 Å². The molecular weight excluding hydrogens is 376 g/mol. The van der Waals surface area contributed by atoms with Gasteiger partial charge in [-0.15, -0.1) is 0 Å². The predicted octanol–water partition coefficient (Wildman–Crippen LogP) is 4.77. The first-order valence-corrected chi connectivity index (χ1v) is 10.9. The number of rotatable bonds is 6. The molecule has 1 heterocycles. The van der Waals surface area contributed by atoms with Crippen molar-refractivity contribution in [3.63, 3.8) is 0 Å². The molecule has 3 aliphatic rings. The molecule has 2 aromatic rings. The van der Waals surface area contributed by atoms with Crippen LogP contribution in [0.15, 0.2) is 42.5 Å². The summed E-state index contributed by atoms with van der Waals surface area (Å²) >= 11 is 0. The van der Waals surface area contributed by atoms with Gasteiger partial charge in [-0.25, -0.2) is 0 Å². The van der Waals surface area contributed by atoms with Crippen LogP contribution in [0.1, 0.15) is 37.7 Å². The molecule has 0 bridgehead atoms. The van der Waals surface area contributed by atoms with Crippen molar-refractivity contribution in [3.05, 3.63) is 48.0 Å². The summed E-state index contributed by atoms with van der Waals surface area (Å²) in [5.74, 6) is 2.35. The molecule has 30 heavy (non-hydrogen) atoms. The van der Waals surface area contributed by atoms with Crippen molar-refractivity contribution >= 4 is 11.6 Å². The molecule has 2 saturated carbocycles. The maximum absolute atomic E-state index is 12.5. The van der Waals surface area contributed by atoms with E-state index in [-0.39, 0.29) is 17.9 Å². The lowest BCUT2D eigenvalue weighted by molar-refractivity contribution is -0.117. The Labute approximate surface area is 177 Å². The van der Waals surface area contributed by atoms with Crippen LogP contribution in [0, 0.1) is 29.1 Å². The first kappa shape index (κ1) is 19.1. The predicted molar refractivity (Wildman–Crippen MR) is 114 cm³/mol. The lowest BCUT2D eigenvalue weighted by atomic mass is 10.0. The lowest BCUT2D eigenvalue weighted by Crippen LogP contribution is -2.26. The van der Waals surface area contributed by atoms with Crippen LogP contribution < -0.4 is 10.1 Å². The number of carbonyl (C=O) groups is 1. The lowest BCUT2D eigenvalue weighted by Gasteiger charge is -2.23. The molecule has 1 amide bonds. The number of benzene rings is 2. The summed E-state index contributed by atoms with van der Waals surface area (Å²) in [6.07, 6.45) is 5.40. The van der Waals surface area contributed by atoms with Crippen molar-refractivity contribution in [1.82, 2.24) is 0 Å². The molecule has 3 fully saturated rings. The van der Waals surface area contributed by atoms with Gasteiger partial charge in [-0.3, -0.25) is 4.79 Å². The minimum absolute atomic E-state index is 0.0946. The Kier molecular flexibility index (Phi) is 5.18. The van der Waals surface area contributed by atoms with E-state index in [4.69, 9.17) is 9.47 Å². The number of ether oxygens (including phenoxy) is 2. The fourth-order valence-corrected chi connectivity index (χ4v) is 4.45. The third-order valence-corrected chi connectivity index (χ3v) is 6.43. The Morgan fingerprint density at radius 1 is 1.07 bits per heavy atom. The topological polar surface area (TPSA) is 71.4 Å². The molecule has 0 radical (unpaired) electrons. The third-order valence-electron chi connectivity index (χ3n) is 6.43. The molecular formula is C25H26N2O3. The molecule has 5 rings (SSSR count). The standard InChI is InChI=1S/C25H26N2O3/c26-15-19-12-18(6-7-24(19)30-21-8-10-29-11-9-21)17-2-1-3-20(13-17)27-25(28)23-14-22(23)16-4-5-16/h1-3,6-7,12-13,16,21-23H,4-5,8-11,14H2,(H,27,28)/t22-,23+/m1/s1. The van der Waals surface area contributed by atoms with Gasteiger partial charge in [-0.1, -0.05) is 18.2 Å². The number of amides is 1. The molecule has 0 aromatic heterocycles. The Balaban J connectivity index is 1.29. The molecule has 5 heteroatoms. The molecule has 1 N–H and O–H groups in total. The summed E-state index contributed by atoms with van der Waals surface area (Å²) in [5, 5.41) is 12.7. The Morgan fingerprint density at radius 2 is 1.87 bits per heavy atom. The summed E-state index contributed by atoms with van der Waals surface area (Å²) in [7, 11) is 0. The molecule has 5 nitrogen and oxygen atoms in total. The highest BCUT2D eigenvalue weighted by atomic mass is 16.5. The quantitative estimate of drug-likeness (QED) is 0.756. The highest BCUT2D eigenvalue weighted by Gasteiger charge is 2.51. The van der Waals surface area contributed by atoms with Crippen LogP contribution in [0.5, 0.6) is 5.75 Å². The van der Waals surface area contributed by atoms with Crippen LogP contribution >= 0.6 is 0 Å². The summed E-state index contributed by atoms with van der Waals surface area (Å²) in [5.41, 5.74) is 3.24. The average Bonchev–Trinajstić information content (AvgIpc) is 3.68. The van der Waals surface area contributed by atoms with Crippen molar-refractivity contribution in [2.24, 2.45) is 17.8 Å². The smallest absolute Gasteiger partial charge is 0.227 e. The normalized spacial score (nSPS) is 23.4. The second kappa shape index (κ2) is 8.12. The summed E-state index contributed by atoms with van der Waals surface area (Å²) in [6, 6.07) is 15.8. The van der Waals surface area contributed by atoms with Crippen LogP contribution in [0.25, 0.3) is 11.1 Å². The van der Waals surface area contributed by atoms with Crippen molar-refractivity contribution in [2.75, 3.05) is 18.5 Å². The van der Waals surface area contributed by atoms with Crippen molar-refractivity contribution < 1.29 is 14.3 Å². The minimum atomic E-state index is 0.0946. The highest BCUT2D eigenvalue weighted by molar-refractivity contribution is 5.95. The maximum Gasteiger partial charge on any atom is 0.227 e. The third kappa shape index (κ3) is 4.20. The number of hydrogen-bond donors (Lipinski definition) is 1. The van der Waals surface area contributed by atoms with Gasteiger partial charge >= 0.3 is 0 Å². The largest absolute Gasteiger partial charge is 0.489 e. The first-order chi connectivity index (χ1) is 14.7. The SMILES string of the molecule is N#Cc1cc(-c2cccc(NC(=O)[C@H]3C[C@@H]3C3CC3)c2)ccc1OC1CCOCC1. The monoisotopic (exact) mass is 402 g/mol. The van der Waals surface area contributed by atoms with Gasteiger partial charge in [0.2, 0.25) is 5.91 Å². The van der Waals surface area contributed by atoms with E-state index in [0.29, 0.717) is 30.4 Å². The van der Waals surface area contributed by atoms with Gasteiger partial charge in [0.15, 0.2) is 0 Å². The zero-order valence-electron chi connectivity index (χ0n) is 17.0. The Hall–Kier alpha value is -2.84. The zero-order chi connectivity index (χ0) is 20.5. The number of nitriles is 1. The van der Waals surface area contributed by atoms with E-state index in [2.05, 4.69) is 11.4 Å². The second-order valence-corrected chi connectivity index (χ2v) is 8.67. The van der Waals surface area contributed by atoms with E-state index in [1.165, 1.54) is 12.8 Å². The molecule has 1 saturated heterocycles. The highest BCUT2D eigenvalue weighted by Crippen LogP contribution is 2.54. The first-order valence-electron chi connectivity index (χ1n) is 10.9. The Morgan fingerprint density at radius 3 is 2.63 bits per heavy atom. The summed E-state index contributed by atoms with van der Waals surface area (Å²) in [4.78, 5) is 12.5. The van der Waals surface area contributed by atoms with Gasteiger partial charge in [0.25, 0.3) is 0 Å². The molecule has 2 aliphatic carbocycles.